The second kappa shape index (κ2) is 7.20. The van der Waals surface area contributed by atoms with Gasteiger partial charge >= 0.3 is 7.60 Å². The average Bonchev–Trinajstić information content (AvgIpc) is 2.33. The minimum absolute atomic E-state index is 0.0229. The topological polar surface area (TPSA) is 119 Å². The van der Waals surface area contributed by atoms with Gasteiger partial charge in [-0.1, -0.05) is 0 Å². The van der Waals surface area contributed by atoms with Crippen molar-refractivity contribution >= 4 is 13.3 Å². The second-order valence-electron chi connectivity index (χ2n) is 3.60. The zero-order chi connectivity index (χ0) is 14.3. The minimum Gasteiger partial charge on any atom is -0.491 e. The average molecular weight is 291 g/mol. The van der Waals surface area contributed by atoms with Crippen molar-refractivity contribution in [3.05, 3.63) is 34.4 Å². The van der Waals surface area contributed by atoms with Crippen LogP contribution in [-0.4, -0.2) is 40.7 Å². The first kappa shape index (κ1) is 15.6. The highest BCUT2D eigenvalue weighted by molar-refractivity contribution is 7.51. The van der Waals surface area contributed by atoms with Gasteiger partial charge in [-0.2, -0.15) is 0 Å². The first-order valence-electron chi connectivity index (χ1n) is 5.38. The van der Waals surface area contributed by atoms with Crippen LogP contribution in [0, 0.1) is 10.1 Å². The molecule has 8 nitrogen and oxygen atoms in total. The normalized spacial score (nSPS) is 11.3. The SMILES string of the molecule is O=[N+]([O-])c1ccc(OCCOCCP(=O)(O)O)cc1. The van der Waals surface area contributed by atoms with Crippen molar-refractivity contribution in [2.75, 3.05) is 26.0 Å². The van der Waals surface area contributed by atoms with Gasteiger partial charge in [0.05, 0.1) is 24.3 Å². The Morgan fingerprint density at radius 3 is 2.32 bits per heavy atom. The van der Waals surface area contributed by atoms with Crippen molar-refractivity contribution in [3.63, 3.8) is 0 Å². The molecule has 0 aliphatic heterocycles. The van der Waals surface area contributed by atoms with E-state index in [0.29, 0.717) is 5.75 Å². The number of benzene rings is 1. The Morgan fingerprint density at radius 1 is 1.16 bits per heavy atom. The van der Waals surface area contributed by atoms with Gasteiger partial charge in [-0.3, -0.25) is 14.7 Å². The molecule has 1 rings (SSSR count). The third kappa shape index (κ3) is 6.88. The Morgan fingerprint density at radius 2 is 1.79 bits per heavy atom. The van der Waals surface area contributed by atoms with Gasteiger partial charge in [-0.15, -0.1) is 0 Å². The van der Waals surface area contributed by atoms with E-state index in [-0.39, 0.29) is 31.7 Å². The summed E-state index contributed by atoms with van der Waals surface area (Å²) >= 11 is 0. The fraction of sp³-hybridized carbons (Fsp3) is 0.400. The van der Waals surface area contributed by atoms with Crippen molar-refractivity contribution in [1.82, 2.24) is 0 Å². The Balaban J connectivity index is 2.19. The molecule has 0 amide bonds. The molecule has 19 heavy (non-hydrogen) atoms. The van der Waals surface area contributed by atoms with E-state index in [2.05, 4.69) is 0 Å². The third-order valence-corrected chi connectivity index (χ3v) is 2.84. The summed E-state index contributed by atoms with van der Waals surface area (Å²) in [5.41, 5.74) is -0.0229. The van der Waals surface area contributed by atoms with E-state index in [0.717, 1.165) is 0 Å². The highest BCUT2D eigenvalue weighted by Gasteiger charge is 2.11. The summed E-state index contributed by atoms with van der Waals surface area (Å²) in [6, 6.07) is 5.58. The van der Waals surface area contributed by atoms with Gasteiger partial charge in [-0.25, -0.2) is 0 Å². The smallest absolute Gasteiger partial charge is 0.327 e. The maximum absolute atomic E-state index is 10.5. The molecule has 0 radical (unpaired) electrons. The summed E-state index contributed by atoms with van der Waals surface area (Å²) in [4.78, 5) is 27.0. The third-order valence-electron chi connectivity index (χ3n) is 2.07. The number of rotatable bonds is 8. The van der Waals surface area contributed by atoms with Crippen molar-refractivity contribution in [1.29, 1.82) is 0 Å². The number of ether oxygens (including phenoxy) is 2. The molecular weight excluding hydrogens is 277 g/mol. The van der Waals surface area contributed by atoms with Crippen LogP contribution in [0.4, 0.5) is 5.69 Å². The Kier molecular flexibility index (Phi) is 5.91. The molecule has 0 aromatic heterocycles. The lowest BCUT2D eigenvalue weighted by Crippen LogP contribution is -2.09. The van der Waals surface area contributed by atoms with Crippen LogP contribution in [0.3, 0.4) is 0 Å². The Labute approximate surface area is 109 Å². The molecule has 0 unspecified atom stereocenters. The van der Waals surface area contributed by atoms with Gasteiger partial charge in [-0.05, 0) is 12.1 Å². The monoisotopic (exact) mass is 291 g/mol. The molecule has 106 valence electrons. The van der Waals surface area contributed by atoms with Gasteiger partial charge in [0.15, 0.2) is 0 Å². The summed E-state index contributed by atoms with van der Waals surface area (Å²) in [6.07, 6.45) is -0.329. The maximum Gasteiger partial charge on any atom is 0.327 e. The minimum atomic E-state index is -4.02. The lowest BCUT2D eigenvalue weighted by atomic mass is 10.3. The molecule has 1 aromatic carbocycles. The second-order valence-corrected chi connectivity index (χ2v) is 5.38. The molecule has 0 saturated heterocycles. The fourth-order valence-electron chi connectivity index (χ4n) is 1.17. The molecule has 0 spiro atoms. The first-order valence-corrected chi connectivity index (χ1v) is 7.18. The molecule has 9 heteroatoms. The summed E-state index contributed by atoms with van der Waals surface area (Å²) in [5, 5.41) is 10.4. The van der Waals surface area contributed by atoms with Crippen LogP contribution < -0.4 is 4.74 Å². The molecular formula is C10H14NO7P. The fourth-order valence-corrected chi connectivity index (χ4v) is 1.53. The molecule has 0 heterocycles. The van der Waals surface area contributed by atoms with Crippen LogP contribution in [0.5, 0.6) is 5.75 Å². The van der Waals surface area contributed by atoms with Gasteiger partial charge in [0.1, 0.15) is 12.4 Å². The molecule has 0 aliphatic carbocycles. The molecule has 0 aliphatic rings. The van der Waals surface area contributed by atoms with Crippen LogP contribution >= 0.6 is 7.60 Å². The quantitative estimate of drug-likeness (QED) is 0.319. The molecule has 1 aromatic rings. The number of nitro benzene ring substituents is 1. The van der Waals surface area contributed by atoms with Crippen LogP contribution in [0.25, 0.3) is 0 Å². The van der Waals surface area contributed by atoms with Crippen LogP contribution in [0.2, 0.25) is 0 Å². The van der Waals surface area contributed by atoms with E-state index >= 15 is 0 Å². The standard InChI is InChI=1S/C10H14NO7P/c12-11(13)9-1-3-10(4-2-9)18-6-5-17-7-8-19(14,15)16/h1-4H,5-8H2,(H2,14,15,16). The van der Waals surface area contributed by atoms with E-state index in [4.69, 9.17) is 19.3 Å². The zero-order valence-electron chi connectivity index (χ0n) is 9.97. The van der Waals surface area contributed by atoms with Crippen molar-refractivity contribution in [3.8, 4) is 5.75 Å². The van der Waals surface area contributed by atoms with Crippen molar-refractivity contribution in [2.24, 2.45) is 0 Å². The lowest BCUT2D eigenvalue weighted by molar-refractivity contribution is -0.384. The number of nitrogens with zero attached hydrogens (tertiary/aromatic N) is 1. The maximum atomic E-state index is 10.5. The first-order chi connectivity index (χ1) is 8.88. The van der Waals surface area contributed by atoms with Crippen molar-refractivity contribution < 1.29 is 28.7 Å². The predicted molar refractivity (Wildman–Crippen MR) is 66.3 cm³/mol. The number of non-ortho nitro benzene ring substituents is 1. The largest absolute Gasteiger partial charge is 0.491 e. The molecule has 2 N–H and O–H groups in total. The summed E-state index contributed by atoms with van der Waals surface area (Å²) in [5.74, 6) is 0.462. The number of hydrogen-bond acceptors (Lipinski definition) is 5. The molecule has 0 saturated carbocycles. The highest BCUT2D eigenvalue weighted by Crippen LogP contribution is 2.33. The van der Waals surface area contributed by atoms with Crippen LogP contribution in [-0.2, 0) is 9.30 Å². The molecule has 0 atom stereocenters. The number of nitro groups is 1. The summed E-state index contributed by atoms with van der Waals surface area (Å²) in [7, 11) is -4.02. The Bertz CT molecular complexity index is 455. The van der Waals surface area contributed by atoms with Crippen LogP contribution in [0.15, 0.2) is 24.3 Å². The Hall–Kier alpha value is -1.47. The van der Waals surface area contributed by atoms with Gasteiger partial charge < -0.3 is 19.3 Å². The molecule has 0 fully saturated rings. The van der Waals surface area contributed by atoms with E-state index in [1.165, 1.54) is 24.3 Å². The van der Waals surface area contributed by atoms with E-state index in [1.807, 2.05) is 0 Å². The predicted octanol–water partition coefficient (Wildman–Crippen LogP) is 1.17. The van der Waals surface area contributed by atoms with Gasteiger partial charge in [0.25, 0.3) is 5.69 Å². The van der Waals surface area contributed by atoms with Crippen LogP contribution in [0.1, 0.15) is 0 Å². The highest BCUT2D eigenvalue weighted by atomic mass is 31.2. The van der Waals surface area contributed by atoms with E-state index in [9.17, 15) is 14.7 Å². The molecule has 0 bridgehead atoms. The summed E-state index contributed by atoms with van der Waals surface area (Å²) in [6.45, 7) is 0.323. The van der Waals surface area contributed by atoms with Crippen molar-refractivity contribution in [2.45, 2.75) is 0 Å². The van der Waals surface area contributed by atoms with Gasteiger partial charge in [0, 0.05) is 12.1 Å². The lowest BCUT2D eigenvalue weighted by Gasteiger charge is -2.07. The number of hydrogen-bond donors (Lipinski definition) is 2. The zero-order valence-corrected chi connectivity index (χ0v) is 10.9. The summed E-state index contributed by atoms with van der Waals surface area (Å²) < 4.78 is 20.7. The van der Waals surface area contributed by atoms with E-state index in [1.54, 1.807) is 0 Å². The van der Waals surface area contributed by atoms with E-state index < -0.39 is 12.5 Å². The van der Waals surface area contributed by atoms with Gasteiger partial charge in [0.2, 0.25) is 0 Å².